The van der Waals surface area contributed by atoms with Crippen molar-refractivity contribution in [2.24, 2.45) is 0 Å². The fourth-order valence-corrected chi connectivity index (χ4v) is 3.54. The Morgan fingerprint density at radius 3 is 1.76 bits per heavy atom. The van der Waals surface area contributed by atoms with Gasteiger partial charge in [0.25, 0.3) is 0 Å². The highest BCUT2D eigenvalue weighted by Gasteiger charge is 2.09. The van der Waals surface area contributed by atoms with Gasteiger partial charge in [0.2, 0.25) is 0 Å². The van der Waals surface area contributed by atoms with Crippen molar-refractivity contribution in [2.45, 2.75) is 96.9 Å². The third kappa shape index (κ3) is 10.3. The molecule has 1 aliphatic carbocycles. The first kappa shape index (κ1) is 19.0. The molecule has 0 aromatic rings. The molecule has 0 spiro atoms. The average Bonchev–Trinajstić information content (AvgIpc) is 2.48. The lowest BCUT2D eigenvalue weighted by Gasteiger charge is -2.23. The lowest BCUT2D eigenvalue weighted by molar-refractivity contribution is 0.277. The molecule has 1 fully saturated rings. The number of nitrogens with zero attached hydrogens (tertiary/aromatic N) is 1. The van der Waals surface area contributed by atoms with Crippen molar-refractivity contribution in [3.63, 3.8) is 0 Å². The second kappa shape index (κ2) is 13.6. The van der Waals surface area contributed by atoms with Crippen LogP contribution in [0.15, 0.2) is 0 Å². The van der Waals surface area contributed by atoms with E-state index < -0.39 is 0 Å². The molecular formula is C19H40N2. The van der Waals surface area contributed by atoms with Crippen molar-refractivity contribution >= 4 is 0 Å². The summed E-state index contributed by atoms with van der Waals surface area (Å²) in [6.07, 6.45) is 17.2. The summed E-state index contributed by atoms with van der Waals surface area (Å²) in [4.78, 5) is 2.57. The zero-order valence-corrected chi connectivity index (χ0v) is 14.8. The van der Waals surface area contributed by atoms with Crippen LogP contribution in [-0.2, 0) is 0 Å². The Morgan fingerprint density at radius 2 is 1.29 bits per heavy atom. The molecule has 0 bridgehead atoms. The van der Waals surface area contributed by atoms with Crippen LogP contribution in [-0.4, -0.2) is 37.1 Å². The molecular weight excluding hydrogens is 256 g/mol. The number of hydrogen-bond donors (Lipinski definition) is 1. The summed E-state index contributed by atoms with van der Waals surface area (Å²) in [5, 5.41) is 3.86. The average molecular weight is 297 g/mol. The Bertz CT molecular complexity index is 206. The van der Waals surface area contributed by atoms with E-state index >= 15 is 0 Å². The third-order valence-corrected chi connectivity index (χ3v) is 4.95. The zero-order chi connectivity index (χ0) is 15.2. The van der Waals surface area contributed by atoms with E-state index in [9.17, 15) is 0 Å². The predicted molar refractivity (Wildman–Crippen MR) is 95.0 cm³/mol. The molecule has 1 rings (SSSR count). The van der Waals surface area contributed by atoms with Gasteiger partial charge in [0.15, 0.2) is 0 Å². The van der Waals surface area contributed by atoms with Gasteiger partial charge in [-0.2, -0.15) is 0 Å². The minimum atomic E-state index is 0.782. The van der Waals surface area contributed by atoms with Gasteiger partial charge in [0.05, 0.1) is 0 Å². The molecule has 0 aliphatic heterocycles. The van der Waals surface area contributed by atoms with Gasteiger partial charge in [0, 0.05) is 19.1 Å². The quantitative estimate of drug-likeness (QED) is 0.712. The molecule has 1 saturated carbocycles. The van der Waals surface area contributed by atoms with Gasteiger partial charge >= 0.3 is 0 Å². The normalized spacial score (nSPS) is 20.1. The van der Waals surface area contributed by atoms with Crippen LogP contribution < -0.4 is 5.32 Å². The molecule has 0 unspecified atom stereocenters. The van der Waals surface area contributed by atoms with Crippen LogP contribution in [0.25, 0.3) is 0 Å². The van der Waals surface area contributed by atoms with Gasteiger partial charge in [-0.3, -0.25) is 0 Å². The fraction of sp³-hybridized carbons (Fsp3) is 1.00. The summed E-state index contributed by atoms with van der Waals surface area (Å²) < 4.78 is 0. The lowest BCUT2D eigenvalue weighted by Crippen LogP contribution is -2.37. The van der Waals surface area contributed by atoms with E-state index in [-0.39, 0.29) is 0 Å². The molecule has 0 heterocycles. The zero-order valence-electron chi connectivity index (χ0n) is 14.8. The third-order valence-electron chi connectivity index (χ3n) is 4.95. The van der Waals surface area contributed by atoms with Crippen LogP contribution in [0, 0.1) is 0 Å². The molecule has 0 saturated heterocycles. The summed E-state index contributed by atoms with van der Waals surface area (Å²) in [5.41, 5.74) is 0. The highest BCUT2D eigenvalue weighted by atomic mass is 15.1. The van der Waals surface area contributed by atoms with Crippen LogP contribution in [0.5, 0.6) is 0 Å². The number of hydrogen-bond acceptors (Lipinski definition) is 2. The number of rotatable bonds is 7. The van der Waals surface area contributed by atoms with Gasteiger partial charge in [-0.1, -0.05) is 71.6 Å². The van der Waals surface area contributed by atoms with Crippen LogP contribution in [0.3, 0.4) is 0 Å². The second-order valence-electron chi connectivity index (χ2n) is 6.84. The molecule has 0 radical (unpaired) electrons. The van der Waals surface area contributed by atoms with Gasteiger partial charge in [-0.25, -0.2) is 0 Å². The Morgan fingerprint density at radius 1 is 0.762 bits per heavy atom. The number of nitrogens with one attached hydrogen (secondary N) is 1. The van der Waals surface area contributed by atoms with E-state index in [0.29, 0.717) is 0 Å². The topological polar surface area (TPSA) is 15.3 Å². The Labute approximate surface area is 134 Å². The maximum Gasteiger partial charge on any atom is 0.0107 e. The molecule has 0 aromatic heterocycles. The molecule has 1 aliphatic rings. The standard InChI is InChI=1S/C19H40N2/c1-3-17-21(4-2)18-16-20-19-14-12-10-8-6-5-7-9-11-13-15-19/h19-20H,3-18H2,1-2H3. The SMILES string of the molecule is CCCN(CC)CCNC1CCCCCCCCCCC1. The first-order chi connectivity index (χ1) is 10.4. The molecule has 2 heteroatoms. The van der Waals surface area contributed by atoms with Gasteiger partial charge in [-0.05, 0) is 32.4 Å². The Hall–Kier alpha value is -0.0800. The summed E-state index contributed by atoms with van der Waals surface area (Å²) in [7, 11) is 0. The van der Waals surface area contributed by atoms with E-state index in [1.807, 2.05) is 0 Å². The molecule has 21 heavy (non-hydrogen) atoms. The smallest absolute Gasteiger partial charge is 0.0107 e. The van der Waals surface area contributed by atoms with E-state index in [0.717, 1.165) is 6.04 Å². The largest absolute Gasteiger partial charge is 0.313 e. The minimum absolute atomic E-state index is 0.782. The first-order valence-electron chi connectivity index (χ1n) is 9.82. The Balaban J connectivity index is 2.21. The van der Waals surface area contributed by atoms with Gasteiger partial charge in [-0.15, -0.1) is 0 Å². The molecule has 126 valence electrons. The summed E-state index contributed by atoms with van der Waals surface area (Å²) in [6, 6.07) is 0.782. The molecule has 1 N–H and O–H groups in total. The summed E-state index contributed by atoms with van der Waals surface area (Å²) in [5.74, 6) is 0. The van der Waals surface area contributed by atoms with Crippen LogP contribution in [0.1, 0.15) is 90.9 Å². The lowest BCUT2D eigenvalue weighted by atomic mass is 9.98. The van der Waals surface area contributed by atoms with Crippen LogP contribution in [0.4, 0.5) is 0 Å². The van der Waals surface area contributed by atoms with Gasteiger partial charge in [0.1, 0.15) is 0 Å². The van der Waals surface area contributed by atoms with Crippen LogP contribution in [0.2, 0.25) is 0 Å². The second-order valence-corrected chi connectivity index (χ2v) is 6.84. The fourth-order valence-electron chi connectivity index (χ4n) is 3.54. The van der Waals surface area contributed by atoms with Crippen molar-refractivity contribution in [3.8, 4) is 0 Å². The van der Waals surface area contributed by atoms with Crippen molar-refractivity contribution in [3.05, 3.63) is 0 Å². The molecule has 0 atom stereocenters. The van der Waals surface area contributed by atoms with E-state index in [1.54, 1.807) is 0 Å². The maximum atomic E-state index is 3.86. The summed E-state index contributed by atoms with van der Waals surface area (Å²) in [6.45, 7) is 9.41. The highest BCUT2D eigenvalue weighted by molar-refractivity contribution is 4.69. The number of likely N-dealkylation sites (N-methyl/N-ethyl adjacent to an activating group) is 1. The monoisotopic (exact) mass is 296 g/mol. The van der Waals surface area contributed by atoms with Crippen molar-refractivity contribution in [2.75, 3.05) is 26.2 Å². The van der Waals surface area contributed by atoms with E-state index in [4.69, 9.17) is 0 Å². The highest BCUT2D eigenvalue weighted by Crippen LogP contribution is 2.16. The van der Waals surface area contributed by atoms with E-state index in [2.05, 4.69) is 24.1 Å². The van der Waals surface area contributed by atoms with Crippen molar-refractivity contribution < 1.29 is 0 Å². The molecule has 2 nitrogen and oxygen atoms in total. The minimum Gasteiger partial charge on any atom is -0.313 e. The Kier molecular flexibility index (Phi) is 12.3. The molecule has 0 aromatic carbocycles. The summed E-state index contributed by atoms with van der Waals surface area (Å²) >= 11 is 0. The van der Waals surface area contributed by atoms with Crippen molar-refractivity contribution in [1.82, 2.24) is 10.2 Å². The predicted octanol–water partition coefficient (Wildman–Crippen LogP) is 4.98. The van der Waals surface area contributed by atoms with Crippen molar-refractivity contribution in [1.29, 1.82) is 0 Å². The van der Waals surface area contributed by atoms with Gasteiger partial charge < -0.3 is 10.2 Å². The van der Waals surface area contributed by atoms with E-state index in [1.165, 1.54) is 103 Å². The van der Waals surface area contributed by atoms with Crippen LogP contribution >= 0.6 is 0 Å². The maximum absolute atomic E-state index is 3.86. The first-order valence-corrected chi connectivity index (χ1v) is 9.82. The molecule has 0 amide bonds.